The molecule has 1 saturated heterocycles. The fraction of sp³-hybridized carbons (Fsp3) is 0.583. The molecule has 0 atom stereocenters. The number of ether oxygens (including phenoxy) is 1. The topological polar surface area (TPSA) is 86.0 Å². The highest BCUT2D eigenvalue weighted by atomic mass is 32.1. The van der Waals surface area contributed by atoms with Crippen molar-refractivity contribution in [2.24, 2.45) is 0 Å². The lowest BCUT2D eigenvalue weighted by molar-refractivity contribution is 0.0298. The van der Waals surface area contributed by atoms with Crippen molar-refractivity contribution in [1.29, 1.82) is 0 Å². The van der Waals surface area contributed by atoms with Crippen LogP contribution in [0, 0.1) is 13.8 Å². The second-order valence-electron chi connectivity index (χ2n) is 4.88. The summed E-state index contributed by atoms with van der Waals surface area (Å²) >= 11 is 1.18. The number of hydrogen-bond donors (Lipinski definition) is 0. The molecule has 0 saturated carbocycles. The average molecular weight is 308 g/mol. The summed E-state index contributed by atoms with van der Waals surface area (Å²) in [5, 5.41) is 8.11. The third kappa shape index (κ3) is 2.79. The van der Waals surface area contributed by atoms with Gasteiger partial charge in [0.25, 0.3) is 5.91 Å². The third-order valence-corrected chi connectivity index (χ3v) is 4.19. The van der Waals surface area contributed by atoms with E-state index in [-0.39, 0.29) is 5.91 Å². The first kappa shape index (κ1) is 14.1. The molecular formula is C12H16N6O2S. The Morgan fingerprint density at radius 1 is 1.29 bits per heavy atom. The maximum atomic E-state index is 12.4. The molecule has 0 radical (unpaired) electrons. The number of nitrogens with zero attached hydrogens (tertiary/aromatic N) is 6. The summed E-state index contributed by atoms with van der Waals surface area (Å²) in [7, 11) is 0. The smallest absolute Gasteiger partial charge is 0.276 e. The van der Waals surface area contributed by atoms with Gasteiger partial charge in [-0.25, -0.2) is 4.68 Å². The van der Waals surface area contributed by atoms with Gasteiger partial charge in [0, 0.05) is 13.1 Å². The molecule has 1 amide bonds. The summed E-state index contributed by atoms with van der Waals surface area (Å²) in [5.41, 5.74) is 2.89. The van der Waals surface area contributed by atoms with Crippen molar-refractivity contribution >= 4 is 17.6 Å². The van der Waals surface area contributed by atoms with Gasteiger partial charge in [-0.2, -0.15) is 8.75 Å². The number of aromatic nitrogens is 5. The molecule has 3 rings (SSSR count). The number of carbonyl (C=O) groups excluding carboxylic acids is 1. The van der Waals surface area contributed by atoms with E-state index in [4.69, 9.17) is 4.74 Å². The minimum atomic E-state index is -0.0878. The molecule has 0 spiro atoms. The van der Waals surface area contributed by atoms with E-state index in [1.54, 1.807) is 9.58 Å². The van der Waals surface area contributed by atoms with E-state index < -0.39 is 0 Å². The molecule has 2 aromatic heterocycles. The molecule has 1 aliphatic rings. The minimum Gasteiger partial charge on any atom is -0.378 e. The summed E-state index contributed by atoms with van der Waals surface area (Å²) in [6.07, 6.45) is 0. The third-order valence-electron chi connectivity index (χ3n) is 3.53. The summed E-state index contributed by atoms with van der Waals surface area (Å²) < 4.78 is 15.3. The molecule has 2 aromatic rings. The first-order valence-electron chi connectivity index (χ1n) is 6.72. The number of rotatable bonds is 3. The Kier molecular flexibility index (Phi) is 3.93. The molecule has 21 heavy (non-hydrogen) atoms. The highest BCUT2D eigenvalue weighted by Gasteiger charge is 2.24. The van der Waals surface area contributed by atoms with Gasteiger partial charge in [-0.05, 0) is 13.8 Å². The van der Waals surface area contributed by atoms with Gasteiger partial charge in [0.2, 0.25) is 0 Å². The van der Waals surface area contributed by atoms with Gasteiger partial charge in [0.15, 0.2) is 5.69 Å². The second-order valence-corrected chi connectivity index (χ2v) is 5.41. The van der Waals surface area contributed by atoms with Crippen LogP contribution >= 0.6 is 11.7 Å². The zero-order chi connectivity index (χ0) is 14.8. The van der Waals surface area contributed by atoms with Crippen molar-refractivity contribution in [1.82, 2.24) is 28.6 Å². The molecule has 3 heterocycles. The Balaban J connectivity index is 1.78. The van der Waals surface area contributed by atoms with Crippen molar-refractivity contribution in [3.63, 3.8) is 0 Å². The monoisotopic (exact) mass is 308 g/mol. The fourth-order valence-electron chi connectivity index (χ4n) is 2.16. The van der Waals surface area contributed by atoms with Crippen LogP contribution in [0.25, 0.3) is 0 Å². The molecular weight excluding hydrogens is 292 g/mol. The Morgan fingerprint density at radius 2 is 2.05 bits per heavy atom. The molecule has 1 aliphatic heterocycles. The Hall–Kier alpha value is -1.87. The second kappa shape index (κ2) is 5.86. The van der Waals surface area contributed by atoms with Gasteiger partial charge in [0.1, 0.15) is 0 Å². The first-order valence-corrected chi connectivity index (χ1v) is 7.45. The molecule has 1 fully saturated rings. The summed E-state index contributed by atoms with van der Waals surface area (Å²) in [4.78, 5) is 14.2. The van der Waals surface area contributed by atoms with Crippen LogP contribution in [0.2, 0.25) is 0 Å². The van der Waals surface area contributed by atoms with Gasteiger partial charge in [-0.15, -0.1) is 5.10 Å². The maximum Gasteiger partial charge on any atom is 0.276 e. The van der Waals surface area contributed by atoms with Crippen LogP contribution in [0.1, 0.15) is 27.6 Å². The van der Waals surface area contributed by atoms with Gasteiger partial charge < -0.3 is 9.64 Å². The predicted octanol–water partition coefficient (Wildman–Crippen LogP) is 0.267. The zero-order valence-electron chi connectivity index (χ0n) is 11.9. The van der Waals surface area contributed by atoms with E-state index in [0.717, 1.165) is 17.1 Å². The molecule has 0 bridgehead atoms. The predicted molar refractivity (Wildman–Crippen MR) is 75.2 cm³/mol. The van der Waals surface area contributed by atoms with Crippen molar-refractivity contribution < 1.29 is 9.53 Å². The number of hydrogen-bond acceptors (Lipinski definition) is 7. The number of morpholine rings is 1. The van der Waals surface area contributed by atoms with E-state index in [9.17, 15) is 4.79 Å². The molecule has 0 aromatic carbocycles. The lowest BCUT2D eigenvalue weighted by Gasteiger charge is -2.26. The number of amides is 1. The molecule has 9 heteroatoms. The zero-order valence-corrected chi connectivity index (χ0v) is 12.8. The lowest BCUT2D eigenvalue weighted by atomic mass is 10.2. The van der Waals surface area contributed by atoms with Crippen LogP contribution in [0.3, 0.4) is 0 Å². The van der Waals surface area contributed by atoms with Crippen LogP contribution in [-0.4, -0.2) is 60.9 Å². The molecule has 0 aliphatic carbocycles. The molecule has 112 valence electrons. The van der Waals surface area contributed by atoms with Gasteiger partial charge >= 0.3 is 0 Å². The molecule has 8 nitrogen and oxygen atoms in total. The van der Waals surface area contributed by atoms with Crippen LogP contribution in [0.15, 0.2) is 0 Å². The fourth-order valence-corrected chi connectivity index (χ4v) is 2.72. The Labute approximate surface area is 126 Å². The minimum absolute atomic E-state index is 0.0878. The standard InChI is InChI=1S/C12H16N6O2S/c1-8-10(15-21-14-8)7-18-9(2)11(13-16-18)12(19)17-3-5-20-6-4-17/h3-7H2,1-2H3. The van der Waals surface area contributed by atoms with E-state index >= 15 is 0 Å². The van der Waals surface area contributed by atoms with Crippen molar-refractivity contribution in [3.8, 4) is 0 Å². The first-order chi connectivity index (χ1) is 10.2. The van der Waals surface area contributed by atoms with Gasteiger partial charge in [0.05, 0.1) is 48.6 Å². The highest BCUT2D eigenvalue weighted by molar-refractivity contribution is 6.99. The van der Waals surface area contributed by atoms with Crippen LogP contribution in [-0.2, 0) is 11.3 Å². The van der Waals surface area contributed by atoms with E-state index in [1.807, 2.05) is 13.8 Å². The quantitative estimate of drug-likeness (QED) is 0.809. The summed E-state index contributed by atoms with van der Waals surface area (Å²) in [6.45, 7) is 6.58. The van der Waals surface area contributed by atoms with E-state index in [2.05, 4.69) is 19.1 Å². The molecule has 0 unspecified atom stereocenters. The van der Waals surface area contributed by atoms with Gasteiger partial charge in [-0.3, -0.25) is 4.79 Å². The van der Waals surface area contributed by atoms with Gasteiger partial charge in [-0.1, -0.05) is 5.21 Å². The van der Waals surface area contributed by atoms with E-state index in [1.165, 1.54) is 11.7 Å². The number of carbonyl (C=O) groups is 1. The normalized spacial score (nSPS) is 15.4. The van der Waals surface area contributed by atoms with E-state index in [0.29, 0.717) is 38.5 Å². The largest absolute Gasteiger partial charge is 0.378 e. The van der Waals surface area contributed by atoms with Crippen LogP contribution < -0.4 is 0 Å². The Morgan fingerprint density at radius 3 is 2.71 bits per heavy atom. The van der Waals surface area contributed by atoms with Crippen molar-refractivity contribution in [2.45, 2.75) is 20.4 Å². The van der Waals surface area contributed by atoms with Crippen LogP contribution in [0.4, 0.5) is 0 Å². The SMILES string of the molecule is Cc1nsnc1Cn1nnc(C(=O)N2CCOCC2)c1C. The van der Waals surface area contributed by atoms with Crippen molar-refractivity contribution in [3.05, 3.63) is 22.8 Å². The average Bonchev–Trinajstić information content (AvgIpc) is 3.07. The highest BCUT2D eigenvalue weighted by Crippen LogP contribution is 2.12. The number of aryl methyl sites for hydroxylation is 1. The maximum absolute atomic E-state index is 12.4. The summed E-state index contributed by atoms with van der Waals surface area (Å²) in [6, 6.07) is 0. The summed E-state index contributed by atoms with van der Waals surface area (Å²) in [5.74, 6) is -0.0878. The lowest BCUT2D eigenvalue weighted by Crippen LogP contribution is -2.41. The van der Waals surface area contributed by atoms with Crippen molar-refractivity contribution in [2.75, 3.05) is 26.3 Å². The Bertz CT molecular complexity index is 646. The van der Waals surface area contributed by atoms with Crippen LogP contribution in [0.5, 0.6) is 0 Å². The molecule has 0 N–H and O–H groups in total.